The van der Waals surface area contributed by atoms with Gasteiger partial charge in [-0.3, -0.25) is 0 Å². The second-order valence-electron chi connectivity index (χ2n) is 5.27. The Morgan fingerprint density at radius 1 is 1.21 bits per heavy atom. The minimum absolute atomic E-state index is 0.00359. The largest absolute Gasteiger partial charge is 0.497 e. The second-order valence-corrected chi connectivity index (χ2v) is 5.27. The number of anilines is 1. The second kappa shape index (κ2) is 6.26. The van der Waals surface area contributed by atoms with Gasteiger partial charge in [0.15, 0.2) is 0 Å². The number of hydrogen-bond donors (Lipinski definition) is 2. The standard InChI is InChI=1S/C15H24N2O2/c1-18-13-5-3-12(4-6-13)17-15(11-16)9-7-14(19-2)8-10-15/h3-6,14,17H,7-11,16H2,1-2H3. The number of nitrogens with two attached hydrogens (primary N) is 1. The third kappa shape index (κ3) is 3.39. The highest BCUT2D eigenvalue weighted by atomic mass is 16.5. The molecule has 1 aromatic rings. The summed E-state index contributed by atoms with van der Waals surface area (Å²) in [4.78, 5) is 0. The van der Waals surface area contributed by atoms with Gasteiger partial charge in [-0.05, 0) is 49.9 Å². The summed E-state index contributed by atoms with van der Waals surface area (Å²) >= 11 is 0. The average molecular weight is 264 g/mol. The minimum atomic E-state index is 0.00359. The number of nitrogens with one attached hydrogen (secondary N) is 1. The van der Waals surface area contributed by atoms with Crippen molar-refractivity contribution in [1.82, 2.24) is 0 Å². The molecule has 4 nitrogen and oxygen atoms in total. The molecule has 19 heavy (non-hydrogen) atoms. The Balaban J connectivity index is 2.02. The first-order valence-corrected chi connectivity index (χ1v) is 6.86. The van der Waals surface area contributed by atoms with E-state index in [9.17, 15) is 0 Å². The molecule has 1 saturated carbocycles. The highest BCUT2D eigenvalue weighted by Crippen LogP contribution is 2.32. The SMILES string of the molecule is COc1ccc(NC2(CN)CCC(OC)CC2)cc1. The molecule has 0 saturated heterocycles. The topological polar surface area (TPSA) is 56.5 Å². The van der Waals surface area contributed by atoms with E-state index in [4.69, 9.17) is 15.2 Å². The minimum Gasteiger partial charge on any atom is -0.497 e. The van der Waals surface area contributed by atoms with Gasteiger partial charge in [-0.25, -0.2) is 0 Å². The molecule has 2 rings (SSSR count). The number of benzene rings is 1. The van der Waals surface area contributed by atoms with Crippen molar-refractivity contribution < 1.29 is 9.47 Å². The van der Waals surface area contributed by atoms with Crippen molar-refractivity contribution in [3.63, 3.8) is 0 Å². The molecular formula is C15H24N2O2. The fraction of sp³-hybridized carbons (Fsp3) is 0.600. The first-order valence-electron chi connectivity index (χ1n) is 6.86. The zero-order valence-corrected chi connectivity index (χ0v) is 11.8. The monoisotopic (exact) mass is 264 g/mol. The summed E-state index contributed by atoms with van der Waals surface area (Å²) in [7, 11) is 3.47. The third-order valence-electron chi connectivity index (χ3n) is 4.11. The van der Waals surface area contributed by atoms with Crippen molar-refractivity contribution in [3.8, 4) is 5.75 Å². The fourth-order valence-corrected chi connectivity index (χ4v) is 2.74. The van der Waals surface area contributed by atoms with Gasteiger partial charge >= 0.3 is 0 Å². The lowest BCUT2D eigenvalue weighted by molar-refractivity contribution is 0.0550. The normalized spacial score (nSPS) is 27.0. The molecule has 0 atom stereocenters. The van der Waals surface area contributed by atoms with Gasteiger partial charge in [0.25, 0.3) is 0 Å². The Morgan fingerprint density at radius 2 is 1.84 bits per heavy atom. The van der Waals surface area contributed by atoms with E-state index in [2.05, 4.69) is 5.32 Å². The zero-order chi connectivity index (χ0) is 13.7. The predicted molar refractivity (Wildman–Crippen MR) is 77.7 cm³/mol. The molecule has 106 valence electrons. The van der Waals surface area contributed by atoms with E-state index in [1.165, 1.54) is 0 Å². The summed E-state index contributed by atoms with van der Waals surface area (Å²) in [6.07, 6.45) is 4.62. The van der Waals surface area contributed by atoms with Gasteiger partial charge in [0.1, 0.15) is 5.75 Å². The van der Waals surface area contributed by atoms with Crippen LogP contribution in [-0.2, 0) is 4.74 Å². The van der Waals surface area contributed by atoms with Crippen molar-refractivity contribution in [2.24, 2.45) is 5.73 Å². The molecule has 1 fully saturated rings. The van der Waals surface area contributed by atoms with Crippen molar-refractivity contribution in [2.75, 3.05) is 26.1 Å². The number of hydrogen-bond acceptors (Lipinski definition) is 4. The highest BCUT2D eigenvalue weighted by Gasteiger charge is 2.34. The van der Waals surface area contributed by atoms with E-state index in [-0.39, 0.29) is 5.54 Å². The van der Waals surface area contributed by atoms with E-state index in [0.29, 0.717) is 12.6 Å². The molecule has 4 heteroatoms. The molecule has 1 aliphatic rings. The van der Waals surface area contributed by atoms with Crippen LogP contribution in [0.3, 0.4) is 0 Å². The van der Waals surface area contributed by atoms with E-state index in [0.717, 1.165) is 37.1 Å². The highest BCUT2D eigenvalue weighted by molar-refractivity contribution is 5.48. The Labute approximate surface area is 115 Å². The summed E-state index contributed by atoms with van der Waals surface area (Å²) in [5, 5.41) is 3.60. The zero-order valence-electron chi connectivity index (χ0n) is 11.8. The summed E-state index contributed by atoms with van der Waals surface area (Å²) in [6.45, 7) is 0.648. The van der Waals surface area contributed by atoms with Crippen LogP contribution in [-0.4, -0.2) is 32.4 Å². The maximum Gasteiger partial charge on any atom is 0.119 e. The Morgan fingerprint density at radius 3 is 2.32 bits per heavy atom. The van der Waals surface area contributed by atoms with Crippen molar-refractivity contribution >= 4 is 5.69 Å². The van der Waals surface area contributed by atoms with Gasteiger partial charge in [-0.2, -0.15) is 0 Å². The molecule has 0 heterocycles. The Bertz CT molecular complexity index is 384. The molecule has 1 aromatic carbocycles. The summed E-state index contributed by atoms with van der Waals surface area (Å²) < 4.78 is 10.6. The van der Waals surface area contributed by atoms with Gasteiger partial charge in [0, 0.05) is 24.9 Å². The predicted octanol–water partition coefficient (Wildman–Crippen LogP) is 2.39. The summed E-state index contributed by atoms with van der Waals surface area (Å²) in [6, 6.07) is 8.01. The van der Waals surface area contributed by atoms with Crippen LogP contribution in [0.2, 0.25) is 0 Å². The Kier molecular flexibility index (Phi) is 4.66. The van der Waals surface area contributed by atoms with Crippen LogP contribution in [0.4, 0.5) is 5.69 Å². The lowest BCUT2D eigenvalue weighted by Gasteiger charge is -2.40. The first-order chi connectivity index (χ1) is 9.21. The molecule has 0 amide bonds. The van der Waals surface area contributed by atoms with Gasteiger partial charge in [-0.15, -0.1) is 0 Å². The van der Waals surface area contributed by atoms with E-state index in [1.807, 2.05) is 24.3 Å². The van der Waals surface area contributed by atoms with Crippen LogP contribution in [0.5, 0.6) is 5.75 Å². The molecular weight excluding hydrogens is 240 g/mol. The average Bonchev–Trinajstić information content (AvgIpc) is 2.49. The summed E-state index contributed by atoms with van der Waals surface area (Å²) in [5.41, 5.74) is 7.10. The quantitative estimate of drug-likeness (QED) is 0.857. The molecule has 0 unspecified atom stereocenters. The fourth-order valence-electron chi connectivity index (χ4n) is 2.74. The Hall–Kier alpha value is -1.26. The van der Waals surface area contributed by atoms with Crippen LogP contribution in [0.1, 0.15) is 25.7 Å². The maximum absolute atomic E-state index is 6.00. The van der Waals surface area contributed by atoms with Crippen molar-refractivity contribution in [2.45, 2.75) is 37.3 Å². The lowest BCUT2D eigenvalue weighted by Crippen LogP contribution is -2.49. The molecule has 1 aliphatic carbocycles. The van der Waals surface area contributed by atoms with E-state index >= 15 is 0 Å². The van der Waals surface area contributed by atoms with Gasteiger partial charge < -0.3 is 20.5 Å². The maximum atomic E-state index is 6.00. The number of methoxy groups -OCH3 is 2. The lowest BCUT2D eigenvalue weighted by atomic mass is 9.80. The van der Waals surface area contributed by atoms with Crippen molar-refractivity contribution in [3.05, 3.63) is 24.3 Å². The molecule has 0 bridgehead atoms. The molecule has 0 aromatic heterocycles. The van der Waals surface area contributed by atoms with E-state index < -0.39 is 0 Å². The molecule has 0 radical (unpaired) electrons. The van der Waals surface area contributed by atoms with Crippen LogP contribution in [0, 0.1) is 0 Å². The molecule has 0 aliphatic heterocycles. The smallest absolute Gasteiger partial charge is 0.119 e. The van der Waals surface area contributed by atoms with Crippen LogP contribution in [0.25, 0.3) is 0 Å². The van der Waals surface area contributed by atoms with Crippen LogP contribution in [0.15, 0.2) is 24.3 Å². The van der Waals surface area contributed by atoms with Gasteiger partial charge in [0.05, 0.1) is 13.2 Å². The van der Waals surface area contributed by atoms with Crippen LogP contribution >= 0.6 is 0 Å². The van der Waals surface area contributed by atoms with Gasteiger partial charge in [0.2, 0.25) is 0 Å². The van der Waals surface area contributed by atoms with Crippen LogP contribution < -0.4 is 15.8 Å². The van der Waals surface area contributed by atoms with E-state index in [1.54, 1.807) is 14.2 Å². The van der Waals surface area contributed by atoms with Crippen molar-refractivity contribution in [1.29, 1.82) is 0 Å². The molecule has 3 N–H and O–H groups in total. The number of ether oxygens (including phenoxy) is 2. The molecule has 0 spiro atoms. The first kappa shape index (κ1) is 14.2. The summed E-state index contributed by atoms with van der Waals surface area (Å²) in [5.74, 6) is 0.871. The van der Waals surface area contributed by atoms with Gasteiger partial charge in [-0.1, -0.05) is 0 Å². The third-order valence-corrected chi connectivity index (χ3v) is 4.11. The number of rotatable bonds is 5.